The van der Waals surface area contributed by atoms with Crippen molar-refractivity contribution < 1.29 is 0 Å². The molecule has 2 nitrogen and oxygen atoms in total. The predicted octanol–water partition coefficient (Wildman–Crippen LogP) is 4.79. The van der Waals surface area contributed by atoms with E-state index in [1.54, 1.807) is 0 Å². The number of hydrogen-bond donors (Lipinski definition) is 2. The molecule has 1 saturated carbocycles. The Hall–Kier alpha value is -1.35. The van der Waals surface area contributed by atoms with Crippen molar-refractivity contribution in [3.63, 3.8) is 0 Å². The van der Waals surface area contributed by atoms with Gasteiger partial charge in [0.25, 0.3) is 0 Å². The largest absolute Gasteiger partial charge is 0.337 e. The molecular formula is C15H18N2S. The van der Waals surface area contributed by atoms with Crippen LogP contribution in [0, 0.1) is 4.77 Å². The highest BCUT2D eigenvalue weighted by Gasteiger charge is 2.15. The molecule has 2 aromatic rings. The second kappa shape index (κ2) is 5.11. The standard InChI is InChI=1S/C15H18N2S/c18-15-16-10-14(17-15)13-8-4-7-12(9-13)11-5-2-1-3-6-11/h4,7-11H,1-3,5-6H2,(H2,16,17,18). The van der Waals surface area contributed by atoms with Crippen LogP contribution in [0.2, 0.25) is 0 Å². The van der Waals surface area contributed by atoms with Crippen molar-refractivity contribution >= 4 is 12.2 Å². The fraction of sp³-hybridized carbons (Fsp3) is 0.400. The maximum absolute atomic E-state index is 5.08. The molecule has 0 spiro atoms. The Morgan fingerprint density at radius 3 is 2.67 bits per heavy atom. The summed E-state index contributed by atoms with van der Waals surface area (Å²) in [5.74, 6) is 0.751. The zero-order chi connectivity index (χ0) is 12.4. The summed E-state index contributed by atoms with van der Waals surface area (Å²) >= 11 is 5.08. The number of imidazole rings is 1. The van der Waals surface area contributed by atoms with E-state index in [9.17, 15) is 0 Å². The topological polar surface area (TPSA) is 31.6 Å². The summed E-state index contributed by atoms with van der Waals surface area (Å²) < 4.78 is 0.688. The second-order valence-electron chi connectivity index (χ2n) is 5.12. The van der Waals surface area contributed by atoms with Crippen LogP contribution in [-0.2, 0) is 0 Å². The van der Waals surface area contributed by atoms with Gasteiger partial charge in [0.15, 0.2) is 4.77 Å². The summed E-state index contributed by atoms with van der Waals surface area (Å²) in [5.41, 5.74) is 3.79. The van der Waals surface area contributed by atoms with Gasteiger partial charge in [0.05, 0.1) is 5.69 Å². The highest BCUT2D eigenvalue weighted by molar-refractivity contribution is 7.71. The first-order chi connectivity index (χ1) is 8.83. The molecule has 1 aromatic carbocycles. The van der Waals surface area contributed by atoms with Gasteiger partial charge in [-0.1, -0.05) is 37.5 Å². The minimum Gasteiger partial charge on any atom is -0.337 e. The van der Waals surface area contributed by atoms with Gasteiger partial charge in [-0.3, -0.25) is 0 Å². The minimum atomic E-state index is 0.688. The van der Waals surface area contributed by atoms with E-state index in [1.165, 1.54) is 43.2 Å². The lowest BCUT2D eigenvalue weighted by atomic mass is 9.83. The molecular weight excluding hydrogens is 240 g/mol. The van der Waals surface area contributed by atoms with E-state index >= 15 is 0 Å². The number of H-pyrrole nitrogens is 2. The van der Waals surface area contributed by atoms with Crippen molar-refractivity contribution in [2.45, 2.75) is 38.0 Å². The first-order valence-corrected chi connectivity index (χ1v) is 7.12. The molecule has 0 unspecified atom stereocenters. The first kappa shape index (κ1) is 11.7. The van der Waals surface area contributed by atoms with Crippen LogP contribution in [0.25, 0.3) is 11.3 Å². The molecule has 0 aliphatic heterocycles. The smallest absolute Gasteiger partial charge is 0.174 e. The zero-order valence-corrected chi connectivity index (χ0v) is 11.2. The fourth-order valence-electron chi connectivity index (χ4n) is 2.88. The third-order valence-electron chi connectivity index (χ3n) is 3.87. The van der Waals surface area contributed by atoms with Gasteiger partial charge in [0.1, 0.15) is 0 Å². The summed E-state index contributed by atoms with van der Waals surface area (Å²) in [6.45, 7) is 0. The number of aromatic nitrogens is 2. The molecule has 0 atom stereocenters. The summed E-state index contributed by atoms with van der Waals surface area (Å²) in [6.07, 6.45) is 8.78. The van der Waals surface area contributed by atoms with Crippen LogP contribution >= 0.6 is 12.2 Å². The lowest BCUT2D eigenvalue weighted by molar-refractivity contribution is 0.443. The highest BCUT2D eigenvalue weighted by atomic mass is 32.1. The lowest BCUT2D eigenvalue weighted by Gasteiger charge is -2.22. The van der Waals surface area contributed by atoms with Crippen LogP contribution in [-0.4, -0.2) is 9.97 Å². The van der Waals surface area contributed by atoms with Crippen molar-refractivity contribution in [2.24, 2.45) is 0 Å². The quantitative estimate of drug-likeness (QED) is 0.746. The Kier molecular flexibility index (Phi) is 3.33. The minimum absolute atomic E-state index is 0.688. The monoisotopic (exact) mass is 258 g/mol. The Bertz CT molecular complexity index is 576. The van der Waals surface area contributed by atoms with Crippen molar-refractivity contribution in [1.82, 2.24) is 9.97 Å². The van der Waals surface area contributed by atoms with E-state index in [-0.39, 0.29) is 0 Å². The number of nitrogens with one attached hydrogen (secondary N) is 2. The summed E-state index contributed by atoms with van der Waals surface area (Å²) in [5, 5.41) is 0. The summed E-state index contributed by atoms with van der Waals surface area (Å²) in [6, 6.07) is 8.87. The van der Waals surface area contributed by atoms with E-state index in [2.05, 4.69) is 34.2 Å². The van der Waals surface area contributed by atoms with Gasteiger partial charge in [0, 0.05) is 6.20 Å². The molecule has 18 heavy (non-hydrogen) atoms. The second-order valence-corrected chi connectivity index (χ2v) is 5.53. The molecule has 3 rings (SSSR count). The molecule has 0 radical (unpaired) electrons. The van der Waals surface area contributed by atoms with Crippen LogP contribution in [0.1, 0.15) is 43.6 Å². The van der Waals surface area contributed by atoms with Gasteiger partial charge >= 0.3 is 0 Å². The number of hydrogen-bond acceptors (Lipinski definition) is 1. The normalized spacial score (nSPS) is 16.9. The number of aromatic amines is 2. The molecule has 0 saturated heterocycles. The number of rotatable bonds is 2. The average Bonchev–Trinajstić information content (AvgIpc) is 2.87. The van der Waals surface area contributed by atoms with Crippen molar-refractivity contribution in [3.8, 4) is 11.3 Å². The molecule has 3 heteroatoms. The third kappa shape index (κ3) is 2.41. The molecule has 1 aliphatic carbocycles. The maximum Gasteiger partial charge on any atom is 0.174 e. The Morgan fingerprint density at radius 1 is 1.11 bits per heavy atom. The maximum atomic E-state index is 5.08. The molecule has 0 bridgehead atoms. The van der Waals surface area contributed by atoms with Gasteiger partial charge in [-0.25, -0.2) is 0 Å². The van der Waals surface area contributed by atoms with Gasteiger partial charge in [0.2, 0.25) is 0 Å². The van der Waals surface area contributed by atoms with Crippen molar-refractivity contribution in [3.05, 3.63) is 40.8 Å². The number of benzene rings is 1. The molecule has 2 N–H and O–H groups in total. The molecule has 1 aromatic heterocycles. The van der Waals surface area contributed by atoms with Crippen molar-refractivity contribution in [2.75, 3.05) is 0 Å². The molecule has 0 amide bonds. The predicted molar refractivity (Wildman–Crippen MR) is 77.2 cm³/mol. The van der Waals surface area contributed by atoms with Gasteiger partial charge in [-0.15, -0.1) is 0 Å². The van der Waals surface area contributed by atoms with E-state index in [1.807, 2.05) is 6.20 Å². The summed E-state index contributed by atoms with van der Waals surface area (Å²) in [4.78, 5) is 6.21. The van der Waals surface area contributed by atoms with E-state index in [0.717, 1.165) is 11.6 Å². The Balaban J connectivity index is 1.91. The van der Waals surface area contributed by atoms with Gasteiger partial charge in [-0.05, 0) is 48.2 Å². The Morgan fingerprint density at radius 2 is 1.94 bits per heavy atom. The van der Waals surface area contributed by atoms with E-state index in [0.29, 0.717) is 4.77 Å². The molecule has 1 fully saturated rings. The van der Waals surface area contributed by atoms with Gasteiger partial charge < -0.3 is 9.97 Å². The van der Waals surface area contributed by atoms with Crippen LogP contribution in [0.5, 0.6) is 0 Å². The molecule has 94 valence electrons. The van der Waals surface area contributed by atoms with Crippen LogP contribution in [0.4, 0.5) is 0 Å². The van der Waals surface area contributed by atoms with Crippen molar-refractivity contribution in [1.29, 1.82) is 0 Å². The van der Waals surface area contributed by atoms with Gasteiger partial charge in [-0.2, -0.15) is 0 Å². The van der Waals surface area contributed by atoms with Crippen LogP contribution < -0.4 is 0 Å². The SMILES string of the molecule is S=c1[nH]cc(-c2cccc(C3CCCCC3)c2)[nH]1. The lowest BCUT2D eigenvalue weighted by Crippen LogP contribution is -2.04. The van der Waals surface area contributed by atoms with E-state index < -0.39 is 0 Å². The first-order valence-electron chi connectivity index (χ1n) is 6.71. The zero-order valence-electron chi connectivity index (χ0n) is 10.4. The van der Waals surface area contributed by atoms with Crippen LogP contribution in [0.3, 0.4) is 0 Å². The van der Waals surface area contributed by atoms with E-state index in [4.69, 9.17) is 12.2 Å². The molecule has 1 heterocycles. The average molecular weight is 258 g/mol. The fourth-order valence-corrected chi connectivity index (χ4v) is 3.05. The third-order valence-corrected chi connectivity index (χ3v) is 4.09. The Labute approximate surface area is 112 Å². The summed E-state index contributed by atoms with van der Waals surface area (Å²) in [7, 11) is 0. The molecule has 1 aliphatic rings. The van der Waals surface area contributed by atoms with Crippen LogP contribution in [0.15, 0.2) is 30.5 Å². The highest BCUT2D eigenvalue weighted by Crippen LogP contribution is 2.33.